The zero-order chi connectivity index (χ0) is 10.6. The minimum Gasteiger partial charge on any atom is -0.327 e. The molecule has 0 aromatic heterocycles. The van der Waals surface area contributed by atoms with Crippen molar-refractivity contribution in [3.63, 3.8) is 0 Å². The molecule has 0 aliphatic rings. The van der Waals surface area contributed by atoms with Gasteiger partial charge in [-0.05, 0) is 29.7 Å². The Hall–Kier alpha value is -1.05. The maximum absolute atomic E-state index is 5.91. The second-order valence-corrected chi connectivity index (χ2v) is 3.61. The molecule has 0 spiro atoms. The molecule has 0 unspecified atom stereocenters. The molecule has 1 aromatic carbocycles. The maximum Gasteiger partial charge on any atom is 0.0409 e. The van der Waals surface area contributed by atoms with Crippen molar-refractivity contribution in [2.45, 2.75) is 6.42 Å². The minimum absolute atomic E-state index is 0.503. The van der Waals surface area contributed by atoms with Gasteiger partial charge in [0, 0.05) is 11.6 Å². The summed E-state index contributed by atoms with van der Waals surface area (Å²) in [6.07, 6.45) is 2.58. The molecule has 0 atom stereocenters. The summed E-state index contributed by atoms with van der Waals surface area (Å²) in [6, 6.07) is 5.74. The summed E-state index contributed by atoms with van der Waals surface area (Å²) in [7, 11) is 0. The Kier molecular flexibility index (Phi) is 3.93. The Morgan fingerprint density at radius 2 is 2.21 bits per heavy atom. The second kappa shape index (κ2) is 4.99. The summed E-state index contributed by atoms with van der Waals surface area (Å²) >= 11 is 5.91. The van der Waals surface area contributed by atoms with Crippen LogP contribution in [0.15, 0.2) is 36.9 Å². The number of benzene rings is 1. The molecule has 0 aliphatic carbocycles. The zero-order valence-corrected chi connectivity index (χ0v) is 8.85. The topological polar surface area (TPSA) is 26.0 Å². The Bertz CT molecular complexity index is 355. The summed E-state index contributed by atoms with van der Waals surface area (Å²) in [5.74, 6) is 0. The van der Waals surface area contributed by atoms with Gasteiger partial charge in [0.25, 0.3) is 0 Å². The molecule has 0 saturated carbocycles. The van der Waals surface area contributed by atoms with Crippen molar-refractivity contribution >= 4 is 17.7 Å². The van der Waals surface area contributed by atoms with Crippen LogP contribution < -0.4 is 5.73 Å². The van der Waals surface area contributed by atoms with Crippen LogP contribution in [0, 0.1) is 0 Å². The lowest BCUT2D eigenvalue weighted by Crippen LogP contribution is -2.05. The Morgan fingerprint density at radius 3 is 2.79 bits per heavy atom. The van der Waals surface area contributed by atoms with Crippen LogP contribution >= 0.6 is 11.6 Å². The third-order valence-electron chi connectivity index (χ3n) is 2.05. The molecule has 0 bridgehead atoms. The zero-order valence-electron chi connectivity index (χ0n) is 8.09. The van der Waals surface area contributed by atoms with Gasteiger partial charge in [0.15, 0.2) is 0 Å². The van der Waals surface area contributed by atoms with Gasteiger partial charge in [-0.3, -0.25) is 0 Å². The molecular formula is C12H14ClN. The summed E-state index contributed by atoms with van der Waals surface area (Å²) in [5.41, 5.74) is 8.70. The predicted octanol–water partition coefficient (Wildman–Crippen LogP) is 3.04. The minimum atomic E-state index is 0.503. The third kappa shape index (κ3) is 2.72. The van der Waals surface area contributed by atoms with E-state index in [1.165, 1.54) is 0 Å². The lowest BCUT2D eigenvalue weighted by Gasteiger charge is -2.07. The first-order valence-corrected chi connectivity index (χ1v) is 4.82. The van der Waals surface area contributed by atoms with Crippen molar-refractivity contribution in [1.29, 1.82) is 0 Å². The van der Waals surface area contributed by atoms with Crippen molar-refractivity contribution in [1.82, 2.24) is 0 Å². The number of hydrogen-bond donors (Lipinski definition) is 1. The van der Waals surface area contributed by atoms with E-state index in [-0.39, 0.29) is 0 Å². The average Bonchev–Trinajstić information content (AvgIpc) is 2.18. The van der Waals surface area contributed by atoms with Gasteiger partial charge in [0.1, 0.15) is 0 Å². The van der Waals surface area contributed by atoms with Gasteiger partial charge >= 0.3 is 0 Å². The molecule has 2 N–H and O–H groups in total. The van der Waals surface area contributed by atoms with Gasteiger partial charge < -0.3 is 5.73 Å². The van der Waals surface area contributed by atoms with Crippen LogP contribution in [0.4, 0.5) is 0 Å². The van der Waals surface area contributed by atoms with Crippen LogP contribution in [0.3, 0.4) is 0 Å². The van der Waals surface area contributed by atoms with E-state index in [2.05, 4.69) is 13.2 Å². The first-order chi connectivity index (χ1) is 6.67. The Balaban J connectivity index is 2.98. The molecule has 74 valence electrons. The quantitative estimate of drug-likeness (QED) is 0.755. The second-order valence-electron chi connectivity index (χ2n) is 3.18. The van der Waals surface area contributed by atoms with Crippen molar-refractivity contribution in [2.75, 3.05) is 6.54 Å². The van der Waals surface area contributed by atoms with Crippen LogP contribution in [0.25, 0.3) is 6.08 Å². The van der Waals surface area contributed by atoms with E-state index in [1.54, 1.807) is 0 Å². The lowest BCUT2D eigenvalue weighted by molar-refractivity contribution is 1.04. The summed E-state index contributed by atoms with van der Waals surface area (Å²) in [5, 5.41) is 0.732. The molecule has 1 rings (SSSR count). The normalized spacial score (nSPS) is 9.86. The number of halogens is 1. The van der Waals surface area contributed by atoms with Gasteiger partial charge in [0.05, 0.1) is 0 Å². The van der Waals surface area contributed by atoms with Crippen LogP contribution in [-0.2, 0) is 6.42 Å². The van der Waals surface area contributed by atoms with Crippen LogP contribution in [-0.4, -0.2) is 6.54 Å². The summed E-state index contributed by atoms with van der Waals surface area (Å²) < 4.78 is 0. The van der Waals surface area contributed by atoms with Gasteiger partial charge in [-0.15, -0.1) is 0 Å². The molecule has 0 aliphatic heterocycles. The molecule has 0 radical (unpaired) electrons. The highest BCUT2D eigenvalue weighted by atomic mass is 35.5. The van der Waals surface area contributed by atoms with Gasteiger partial charge in [-0.1, -0.05) is 42.5 Å². The molecule has 0 heterocycles. The number of nitrogens with two attached hydrogens (primary N) is 1. The predicted molar refractivity (Wildman–Crippen MR) is 63.4 cm³/mol. The van der Waals surface area contributed by atoms with Crippen molar-refractivity contribution in [3.05, 3.63) is 53.1 Å². The highest BCUT2D eigenvalue weighted by Gasteiger charge is 2.01. The van der Waals surface area contributed by atoms with E-state index in [0.29, 0.717) is 6.54 Å². The average molecular weight is 208 g/mol. The molecule has 14 heavy (non-hydrogen) atoms. The van der Waals surface area contributed by atoms with Crippen LogP contribution in [0.5, 0.6) is 0 Å². The van der Waals surface area contributed by atoms with Gasteiger partial charge in [-0.25, -0.2) is 0 Å². The summed E-state index contributed by atoms with van der Waals surface area (Å²) in [6.45, 7) is 8.12. The molecule has 0 fully saturated rings. The van der Waals surface area contributed by atoms with Crippen molar-refractivity contribution in [2.24, 2.45) is 5.73 Å². The first-order valence-electron chi connectivity index (χ1n) is 4.45. The van der Waals surface area contributed by atoms with E-state index in [0.717, 1.165) is 28.1 Å². The van der Waals surface area contributed by atoms with E-state index in [9.17, 15) is 0 Å². The summed E-state index contributed by atoms with van der Waals surface area (Å²) in [4.78, 5) is 0. The molecule has 0 amide bonds. The van der Waals surface area contributed by atoms with E-state index < -0.39 is 0 Å². The van der Waals surface area contributed by atoms with Gasteiger partial charge in [0.2, 0.25) is 0 Å². The molecule has 1 aromatic rings. The van der Waals surface area contributed by atoms with Crippen molar-refractivity contribution in [3.8, 4) is 0 Å². The van der Waals surface area contributed by atoms with E-state index in [1.807, 2.05) is 24.3 Å². The highest BCUT2D eigenvalue weighted by molar-refractivity contribution is 6.30. The van der Waals surface area contributed by atoms with Gasteiger partial charge in [-0.2, -0.15) is 0 Å². The fourth-order valence-electron chi connectivity index (χ4n) is 1.27. The molecule has 1 nitrogen and oxygen atoms in total. The fourth-order valence-corrected chi connectivity index (χ4v) is 1.46. The number of hydrogen-bond acceptors (Lipinski definition) is 1. The molecule has 0 saturated heterocycles. The fraction of sp³-hybridized carbons (Fsp3) is 0.167. The molecular weight excluding hydrogens is 194 g/mol. The SMILES string of the molecule is C=Cc1ccc(Cl)cc1CC(=C)CN. The Labute approximate surface area is 89.9 Å². The standard InChI is InChI=1S/C12H14ClN/c1-3-10-4-5-12(13)7-11(10)6-9(2)8-14/h3-5,7H,1-2,6,8,14H2. The largest absolute Gasteiger partial charge is 0.327 e. The van der Waals surface area contributed by atoms with E-state index >= 15 is 0 Å². The van der Waals surface area contributed by atoms with Crippen molar-refractivity contribution < 1.29 is 0 Å². The Morgan fingerprint density at radius 1 is 1.50 bits per heavy atom. The molecule has 2 heteroatoms. The number of rotatable bonds is 4. The van der Waals surface area contributed by atoms with E-state index in [4.69, 9.17) is 17.3 Å². The third-order valence-corrected chi connectivity index (χ3v) is 2.29. The smallest absolute Gasteiger partial charge is 0.0409 e. The van der Waals surface area contributed by atoms with Crippen LogP contribution in [0.2, 0.25) is 5.02 Å². The maximum atomic E-state index is 5.91. The highest BCUT2D eigenvalue weighted by Crippen LogP contribution is 2.19. The van der Waals surface area contributed by atoms with Crippen LogP contribution in [0.1, 0.15) is 11.1 Å². The lowest BCUT2D eigenvalue weighted by atomic mass is 10.0. The monoisotopic (exact) mass is 207 g/mol. The first kappa shape index (κ1) is 11.0.